The number of nitrogens with zero attached hydrogens (tertiary/aromatic N) is 1. The fourth-order valence-electron chi connectivity index (χ4n) is 6.30. The van der Waals surface area contributed by atoms with Crippen molar-refractivity contribution < 1.29 is 66.6 Å². The number of alkyl halides is 3. The Labute approximate surface area is 237 Å². The molecule has 0 unspecified atom stereocenters. The molecule has 230 valence electrons. The van der Waals surface area contributed by atoms with Crippen molar-refractivity contribution in [2.24, 2.45) is 0 Å². The smallest absolute Gasteiger partial charge is 0.490 e. The lowest BCUT2D eigenvalue weighted by molar-refractivity contribution is -0.192. The van der Waals surface area contributed by atoms with Crippen molar-refractivity contribution in [3.05, 3.63) is 35.1 Å². The molecule has 5 atom stereocenters. The highest BCUT2D eigenvalue weighted by atomic mass is 19.4. The summed E-state index contributed by atoms with van der Waals surface area (Å²) in [4.78, 5) is 46.4. The van der Waals surface area contributed by atoms with Crippen molar-refractivity contribution >= 4 is 23.9 Å². The third-order valence-electron chi connectivity index (χ3n) is 8.20. The number of carboxylic acid groups (broad SMARTS) is 2. The summed E-state index contributed by atoms with van der Waals surface area (Å²) >= 11 is 0. The number of benzene rings is 1. The number of methoxy groups -OCH3 is 1. The summed E-state index contributed by atoms with van der Waals surface area (Å²) in [7, 11) is 3.57. The SMILES string of the molecule is COc1ccc2c3c1O[C@H]1C(OC(=O)[C@@H](C)OC(=O)CCC(=O)O)=CC[C@@]4(O)[C@@H](C2)N(C)CC[C@]314.O=C(O)C(F)(F)F. The Hall–Kier alpha value is -3.85. The quantitative estimate of drug-likeness (QED) is 0.389. The van der Waals surface area contributed by atoms with E-state index in [0.717, 1.165) is 17.7 Å². The van der Waals surface area contributed by atoms with Gasteiger partial charge in [0.15, 0.2) is 23.7 Å². The van der Waals surface area contributed by atoms with Gasteiger partial charge in [-0.25, -0.2) is 9.59 Å². The molecule has 2 heterocycles. The van der Waals surface area contributed by atoms with Gasteiger partial charge >= 0.3 is 30.1 Å². The first kappa shape index (κ1) is 31.1. The fourth-order valence-corrected chi connectivity index (χ4v) is 6.30. The number of carbonyl (C=O) groups is 4. The summed E-state index contributed by atoms with van der Waals surface area (Å²) in [6, 6.07) is 3.74. The molecule has 42 heavy (non-hydrogen) atoms. The van der Waals surface area contributed by atoms with Gasteiger partial charge in [-0.2, -0.15) is 13.2 Å². The maximum absolute atomic E-state index is 12.8. The summed E-state index contributed by atoms with van der Waals surface area (Å²) in [5, 5.41) is 28.0. The van der Waals surface area contributed by atoms with Crippen LogP contribution in [0.1, 0.15) is 43.7 Å². The Morgan fingerprint density at radius 3 is 2.45 bits per heavy atom. The number of esters is 2. The molecular weight excluding hydrogens is 571 g/mol. The minimum atomic E-state index is -5.08. The number of aliphatic hydroxyl groups is 1. The number of rotatable bonds is 7. The van der Waals surface area contributed by atoms with E-state index in [1.54, 1.807) is 13.2 Å². The molecule has 12 nitrogen and oxygen atoms in total. The molecule has 2 bridgehead atoms. The van der Waals surface area contributed by atoms with Crippen LogP contribution in [0.25, 0.3) is 0 Å². The maximum Gasteiger partial charge on any atom is 0.490 e. The van der Waals surface area contributed by atoms with Crippen LogP contribution in [0.2, 0.25) is 0 Å². The van der Waals surface area contributed by atoms with Crippen LogP contribution < -0.4 is 9.47 Å². The molecule has 0 aromatic heterocycles. The minimum absolute atomic E-state index is 0.128. The number of ether oxygens (including phenoxy) is 4. The Bertz CT molecular complexity index is 1330. The van der Waals surface area contributed by atoms with Crippen LogP contribution in [-0.4, -0.2) is 94.8 Å². The first-order chi connectivity index (χ1) is 19.6. The van der Waals surface area contributed by atoms with Gasteiger partial charge in [-0.1, -0.05) is 6.07 Å². The predicted molar refractivity (Wildman–Crippen MR) is 134 cm³/mol. The topological polar surface area (TPSA) is 169 Å². The van der Waals surface area contributed by atoms with E-state index in [2.05, 4.69) is 4.90 Å². The average Bonchev–Trinajstić information content (AvgIpc) is 3.26. The summed E-state index contributed by atoms with van der Waals surface area (Å²) in [5.74, 6) is -4.10. The lowest BCUT2D eigenvalue weighted by Crippen LogP contribution is -2.74. The third kappa shape index (κ3) is 5.15. The van der Waals surface area contributed by atoms with Crippen molar-refractivity contribution in [1.29, 1.82) is 0 Å². The monoisotopic (exact) mass is 601 g/mol. The summed E-state index contributed by atoms with van der Waals surface area (Å²) < 4.78 is 54.5. The molecule has 2 aliphatic heterocycles. The number of likely N-dealkylation sites (tertiary alicyclic amines) is 1. The third-order valence-corrected chi connectivity index (χ3v) is 8.20. The van der Waals surface area contributed by atoms with Crippen LogP contribution in [-0.2, 0) is 40.5 Å². The van der Waals surface area contributed by atoms with Crippen molar-refractivity contribution in [3.8, 4) is 11.5 Å². The van der Waals surface area contributed by atoms with Crippen LogP contribution in [0.15, 0.2) is 24.0 Å². The predicted octanol–water partition coefficient (Wildman–Crippen LogP) is 1.95. The van der Waals surface area contributed by atoms with Gasteiger partial charge in [0.2, 0.25) is 0 Å². The maximum atomic E-state index is 12.8. The van der Waals surface area contributed by atoms with Crippen molar-refractivity contribution in [2.75, 3.05) is 20.7 Å². The van der Waals surface area contributed by atoms with Crippen LogP contribution in [0, 0.1) is 0 Å². The zero-order valence-electron chi connectivity index (χ0n) is 22.9. The van der Waals surface area contributed by atoms with Crippen LogP contribution in [0.5, 0.6) is 11.5 Å². The van der Waals surface area contributed by atoms with Gasteiger partial charge in [0, 0.05) is 18.0 Å². The van der Waals surface area contributed by atoms with E-state index < -0.39 is 53.3 Å². The van der Waals surface area contributed by atoms with Crippen molar-refractivity contribution in [2.45, 2.75) is 74.5 Å². The highest BCUT2D eigenvalue weighted by molar-refractivity contribution is 5.81. The molecule has 1 aromatic rings. The van der Waals surface area contributed by atoms with Gasteiger partial charge in [-0.3, -0.25) is 9.59 Å². The minimum Gasteiger partial charge on any atom is -0.493 e. The summed E-state index contributed by atoms with van der Waals surface area (Å²) in [5.41, 5.74) is 0.0642. The first-order valence-electron chi connectivity index (χ1n) is 13.0. The lowest BCUT2D eigenvalue weighted by Gasteiger charge is -2.61. The zero-order valence-corrected chi connectivity index (χ0v) is 22.9. The van der Waals surface area contributed by atoms with E-state index in [4.69, 9.17) is 34.0 Å². The summed E-state index contributed by atoms with van der Waals surface area (Å²) in [6.07, 6.45) is -4.57. The van der Waals surface area contributed by atoms with E-state index in [1.165, 1.54) is 6.92 Å². The molecule has 1 spiro atoms. The normalized spacial score (nSPS) is 27.6. The fraction of sp³-hybridized carbons (Fsp3) is 0.556. The molecule has 1 aromatic carbocycles. The molecule has 5 rings (SSSR count). The number of carboxylic acids is 2. The van der Waals surface area contributed by atoms with Crippen LogP contribution in [0.3, 0.4) is 0 Å². The number of aliphatic carboxylic acids is 2. The molecule has 0 amide bonds. The number of hydrogen-bond acceptors (Lipinski definition) is 10. The molecule has 4 aliphatic rings. The number of likely N-dealkylation sites (N-methyl/N-ethyl adjacent to an activating group) is 1. The number of halogens is 3. The van der Waals surface area contributed by atoms with Gasteiger partial charge in [-0.15, -0.1) is 0 Å². The highest BCUT2D eigenvalue weighted by Crippen LogP contribution is 2.65. The average molecular weight is 602 g/mol. The Kier molecular flexibility index (Phi) is 8.21. The van der Waals surface area contributed by atoms with Crippen LogP contribution >= 0.6 is 0 Å². The Morgan fingerprint density at radius 2 is 1.86 bits per heavy atom. The first-order valence-corrected chi connectivity index (χ1v) is 13.0. The zero-order chi connectivity index (χ0) is 31.2. The second-order valence-corrected chi connectivity index (χ2v) is 10.5. The molecule has 3 N–H and O–H groups in total. The number of piperidine rings is 1. The molecule has 0 radical (unpaired) electrons. The van der Waals surface area contributed by atoms with Crippen molar-refractivity contribution in [3.63, 3.8) is 0 Å². The number of hydrogen-bond donors (Lipinski definition) is 3. The molecule has 1 fully saturated rings. The summed E-state index contributed by atoms with van der Waals surface area (Å²) in [6.45, 7) is 2.11. The van der Waals surface area contributed by atoms with E-state index in [0.29, 0.717) is 24.3 Å². The largest absolute Gasteiger partial charge is 0.493 e. The standard InChI is InChI=1S/C25H29NO9.C2HF3O2/c1-13(33-19(29)7-6-18(27)28)23(30)34-16-8-9-25(31)17-12-14-4-5-15(32-3)21-20(14)24(25,22(16)35-21)10-11-26(17)2;3-2(4,5)1(6)7/h4-5,8,13,17,22,31H,6-7,9-12H2,1-3H3,(H,27,28);(H,6,7)/t13-,17-,22+,24+,25-;/m1./s1. The van der Waals surface area contributed by atoms with E-state index in [9.17, 15) is 32.7 Å². The van der Waals surface area contributed by atoms with E-state index >= 15 is 0 Å². The molecule has 2 aliphatic carbocycles. The van der Waals surface area contributed by atoms with Crippen LogP contribution in [0.4, 0.5) is 13.2 Å². The van der Waals surface area contributed by atoms with Gasteiger partial charge < -0.3 is 39.2 Å². The second-order valence-electron chi connectivity index (χ2n) is 10.5. The molecule has 15 heteroatoms. The molecule has 0 saturated carbocycles. The highest BCUT2D eigenvalue weighted by Gasteiger charge is 2.72. The molecular formula is C27H30F3NO11. The van der Waals surface area contributed by atoms with Gasteiger partial charge in [0.25, 0.3) is 0 Å². The lowest BCUT2D eigenvalue weighted by atomic mass is 9.50. The Balaban J connectivity index is 0.000000517. The molecule has 1 saturated heterocycles. The van der Waals surface area contributed by atoms with Gasteiger partial charge in [0.05, 0.1) is 31.0 Å². The number of carbonyl (C=O) groups excluding carboxylic acids is 2. The van der Waals surface area contributed by atoms with Gasteiger partial charge in [0.1, 0.15) is 5.76 Å². The second kappa shape index (κ2) is 11.1. The van der Waals surface area contributed by atoms with E-state index in [-0.39, 0.29) is 31.1 Å². The van der Waals surface area contributed by atoms with Gasteiger partial charge in [-0.05, 0) is 51.1 Å². The van der Waals surface area contributed by atoms with Crippen molar-refractivity contribution in [1.82, 2.24) is 4.90 Å². The van der Waals surface area contributed by atoms with E-state index in [1.807, 2.05) is 19.2 Å². The Morgan fingerprint density at radius 1 is 1.19 bits per heavy atom.